The summed E-state index contributed by atoms with van der Waals surface area (Å²) in [5.74, 6) is 0. The van der Waals surface area contributed by atoms with Gasteiger partial charge in [-0.05, 0) is 12.5 Å². The van der Waals surface area contributed by atoms with Crippen molar-refractivity contribution in [1.29, 1.82) is 0 Å². The van der Waals surface area contributed by atoms with Gasteiger partial charge in [-0.25, -0.2) is 0 Å². The molecule has 1 fully saturated rings. The lowest BCUT2D eigenvalue weighted by atomic mass is 10.3. The molecule has 0 radical (unpaired) electrons. The number of ether oxygens (including phenoxy) is 1. The highest BCUT2D eigenvalue weighted by atomic mass is 35.5. The summed E-state index contributed by atoms with van der Waals surface area (Å²) >= 11 is 0. The number of hydrogen-bond acceptors (Lipinski definition) is 4. The Morgan fingerprint density at radius 2 is 2.00 bits per heavy atom. The van der Waals surface area contributed by atoms with E-state index in [0.717, 1.165) is 58.9 Å². The monoisotopic (exact) mass is 324 g/mol. The number of nitrogens with one attached hydrogen (secondary N) is 1. The van der Waals surface area contributed by atoms with Crippen molar-refractivity contribution in [1.82, 2.24) is 20.0 Å². The van der Waals surface area contributed by atoms with Crippen molar-refractivity contribution in [2.75, 3.05) is 39.4 Å². The quantitative estimate of drug-likeness (QED) is 0.773. The van der Waals surface area contributed by atoms with E-state index in [1.165, 1.54) is 5.69 Å². The van der Waals surface area contributed by atoms with Crippen LogP contribution in [0.5, 0.6) is 0 Å². The van der Waals surface area contributed by atoms with Gasteiger partial charge in [-0.1, -0.05) is 6.92 Å². The maximum absolute atomic E-state index is 5.33. The molecular formula is C13H26Cl2N4O. The van der Waals surface area contributed by atoms with Crippen LogP contribution in [0.4, 0.5) is 0 Å². The van der Waals surface area contributed by atoms with E-state index in [9.17, 15) is 0 Å². The third kappa shape index (κ3) is 6.41. The van der Waals surface area contributed by atoms with Crippen molar-refractivity contribution in [2.45, 2.75) is 26.4 Å². The molecule has 1 N–H and O–H groups in total. The molecule has 20 heavy (non-hydrogen) atoms. The van der Waals surface area contributed by atoms with Gasteiger partial charge >= 0.3 is 0 Å². The Balaban J connectivity index is 0.00000180. The van der Waals surface area contributed by atoms with Crippen LogP contribution in [-0.4, -0.2) is 54.1 Å². The molecule has 0 atom stereocenters. The predicted octanol–water partition coefficient (Wildman–Crippen LogP) is 1.56. The van der Waals surface area contributed by atoms with E-state index in [1.807, 2.05) is 6.20 Å². The molecule has 1 aliphatic rings. The number of nitrogens with zero attached hydrogens (tertiary/aromatic N) is 3. The fourth-order valence-corrected chi connectivity index (χ4v) is 2.20. The molecule has 2 rings (SSSR count). The van der Waals surface area contributed by atoms with Gasteiger partial charge in [0.15, 0.2) is 0 Å². The Bertz CT molecular complexity index is 343. The van der Waals surface area contributed by atoms with Gasteiger partial charge < -0.3 is 10.1 Å². The molecule has 7 heteroatoms. The minimum atomic E-state index is 0. The van der Waals surface area contributed by atoms with Crippen LogP contribution in [0.25, 0.3) is 0 Å². The first-order chi connectivity index (χ1) is 8.90. The smallest absolute Gasteiger partial charge is 0.0594 e. The average molecular weight is 325 g/mol. The van der Waals surface area contributed by atoms with Crippen LogP contribution in [-0.2, 0) is 17.8 Å². The zero-order chi connectivity index (χ0) is 12.6. The Hall–Kier alpha value is -0.330. The minimum absolute atomic E-state index is 0. The van der Waals surface area contributed by atoms with Crippen molar-refractivity contribution >= 4 is 24.8 Å². The zero-order valence-corrected chi connectivity index (χ0v) is 13.7. The largest absolute Gasteiger partial charge is 0.379 e. The van der Waals surface area contributed by atoms with E-state index in [2.05, 4.69) is 33.0 Å². The van der Waals surface area contributed by atoms with Gasteiger partial charge in [-0.3, -0.25) is 9.58 Å². The predicted molar refractivity (Wildman–Crippen MR) is 86.0 cm³/mol. The Labute approximate surface area is 133 Å². The van der Waals surface area contributed by atoms with Crippen molar-refractivity contribution in [3.8, 4) is 0 Å². The lowest BCUT2D eigenvalue weighted by molar-refractivity contribution is 0.0384. The van der Waals surface area contributed by atoms with Crippen molar-refractivity contribution in [2.24, 2.45) is 0 Å². The minimum Gasteiger partial charge on any atom is -0.379 e. The van der Waals surface area contributed by atoms with Gasteiger partial charge in [-0.2, -0.15) is 5.10 Å². The first-order valence-electron chi connectivity index (χ1n) is 6.91. The van der Waals surface area contributed by atoms with Crippen molar-refractivity contribution < 1.29 is 4.74 Å². The second-order valence-electron chi connectivity index (χ2n) is 4.68. The second-order valence-corrected chi connectivity index (χ2v) is 4.68. The van der Waals surface area contributed by atoms with Gasteiger partial charge in [0.05, 0.1) is 18.9 Å². The lowest BCUT2D eigenvalue weighted by Gasteiger charge is -2.26. The molecule has 0 amide bonds. The summed E-state index contributed by atoms with van der Waals surface area (Å²) in [7, 11) is 0. The Kier molecular flexibility index (Phi) is 11.2. The molecular weight excluding hydrogens is 299 g/mol. The molecule has 0 aliphatic carbocycles. The van der Waals surface area contributed by atoms with E-state index < -0.39 is 0 Å². The third-order valence-corrected chi connectivity index (χ3v) is 3.25. The normalized spacial score (nSPS) is 15.4. The van der Waals surface area contributed by atoms with E-state index in [-0.39, 0.29) is 24.8 Å². The number of aryl methyl sites for hydroxylation is 1. The van der Waals surface area contributed by atoms with Crippen LogP contribution in [0.1, 0.15) is 19.0 Å². The molecule has 0 saturated carbocycles. The second kappa shape index (κ2) is 11.3. The van der Waals surface area contributed by atoms with Gasteiger partial charge in [-0.15, -0.1) is 24.8 Å². The zero-order valence-electron chi connectivity index (χ0n) is 12.1. The van der Waals surface area contributed by atoms with Crippen LogP contribution in [0, 0.1) is 0 Å². The summed E-state index contributed by atoms with van der Waals surface area (Å²) in [6.45, 7) is 10.1. The summed E-state index contributed by atoms with van der Waals surface area (Å²) in [6.07, 6.45) is 3.01. The highest BCUT2D eigenvalue weighted by molar-refractivity contribution is 5.85. The molecule has 0 aromatic carbocycles. The number of hydrogen-bond donors (Lipinski definition) is 1. The fraction of sp³-hybridized carbons (Fsp3) is 0.769. The molecule has 0 unspecified atom stereocenters. The molecule has 0 bridgehead atoms. The lowest BCUT2D eigenvalue weighted by Crippen LogP contribution is -2.40. The first kappa shape index (κ1) is 19.7. The van der Waals surface area contributed by atoms with Gasteiger partial charge in [0.2, 0.25) is 0 Å². The SMILES string of the molecule is CCCn1nccc1CNCCN1CCOCC1.Cl.Cl. The summed E-state index contributed by atoms with van der Waals surface area (Å²) in [4.78, 5) is 2.44. The Morgan fingerprint density at radius 1 is 1.25 bits per heavy atom. The van der Waals surface area contributed by atoms with Crippen LogP contribution in [0.15, 0.2) is 12.3 Å². The van der Waals surface area contributed by atoms with Crippen LogP contribution in [0.3, 0.4) is 0 Å². The highest BCUT2D eigenvalue weighted by Crippen LogP contribution is 2.00. The molecule has 1 aromatic heterocycles. The average Bonchev–Trinajstić information content (AvgIpc) is 2.84. The standard InChI is InChI=1S/C13H24N4O.2ClH/c1-2-6-17-13(3-4-15-17)12-14-5-7-16-8-10-18-11-9-16;;/h3-4,14H,2,5-12H2,1H3;2*1H. The molecule has 1 saturated heterocycles. The van der Waals surface area contributed by atoms with Crippen molar-refractivity contribution in [3.05, 3.63) is 18.0 Å². The maximum Gasteiger partial charge on any atom is 0.0594 e. The van der Waals surface area contributed by atoms with Crippen LogP contribution >= 0.6 is 24.8 Å². The maximum atomic E-state index is 5.33. The third-order valence-electron chi connectivity index (χ3n) is 3.25. The molecule has 1 aliphatic heterocycles. The van der Waals surface area contributed by atoms with E-state index in [1.54, 1.807) is 0 Å². The van der Waals surface area contributed by atoms with E-state index in [4.69, 9.17) is 4.74 Å². The topological polar surface area (TPSA) is 42.3 Å². The fourth-order valence-electron chi connectivity index (χ4n) is 2.20. The first-order valence-corrected chi connectivity index (χ1v) is 6.91. The summed E-state index contributed by atoms with van der Waals surface area (Å²) in [6, 6.07) is 2.09. The summed E-state index contributed by atoms with van der Waals surface area (Å²) in [5.41, 5.74) is 1.28. The molecule has 1 aromatic rings. The van der Waals surface area contributed by atoms with Crippen LogP contribution < -0.4 is 5.32 Å². The van der Waals surface area contributed by atoms with E-state index >= 15 is 0 Å². The van der Waals surface area contributed by atoms with Crippen LogP contribution in [0.2, 0.25) is 0 Å². The van der Waals surface area contributed by atoms with Crippen molar-refractivity contribution in [3.63, 3.8) is 0 Å². The van der Waals surface area contributed by atoms with Gasteiger partial charge in [0.25, 0.3) is 0 Å². The number of rotatable bonds is 7. The molecule has 0 spiro atoms. The van der Waals surface area contributed by atoms with Gasteiger partial charge in [0, 0.05) is 45.5 Å². The molecule has 2 heterocycles. The van der Waals surface area contributed by atoms with E-state index in [0.29, 0.717) is 0 Å². The summed E-state index contributed by atoms with van der Waals surface area (Å²) < 4.78 is 7.42. The Morgan fingerprint density at radius 3 is 2.70 bits per heavy atom. The number of morpholine rings is 1. The number of aromatic nitrogens is 2. The highest BCUT2D eigenvalue weighted by Gasteiger charge is 2.09. The summed E-state index contributed by atoms with van der Waals surface area (Å²) in [5, 5.41) is 7.81. The number of halogens is 2. The molecule has 5 nitrogen and oxygen atoms in total. The van der Waals surface area contributed by atoms with Gasteiger partial charge in [0.1, 0.15) is 0 Å². The molecule has 118 valence electrons.